The number of carbonyl (C=O) groups excluding carboxylic acids is 2. The third-order valence-electron chi connectivity index (χ3n) is 5.35. The van der Waals surface area contributed by atoms with E-state index >= 15 is 0 Å². The molecule has 2 aromatic rings. The molecule has 0 bridgehead atoms. The quantitative estimate of drug-likeness (QED) is 0.682. The van der Waals surface area contributed by atoms with Gasteiger partial charge in [-0.1, -0.05) is 11.6 Å². The van der Waals surface area contributed by atoms with Gasteiger partial charge in [0.1, 0.15) is 0 Å². The maximum absolute atomic E-state index is 12.7. The Balaban J connectivity index is 1.71. The van der Waals surface area contributed by atoms with E-state index in [4.69, 9.17) is 17.3 Å². The van der Waals surface area contributed by atoms with Gasteiger partial charge in [-0.2, -0.15) is 0 Å². The van der Waals surface area contributed by atoms with E-state index < -0.39 is 15.9 Å². The molecule has 166 valence electrons. The number of amides is 2. The van der Waals surface area contributed by atoms with Gasteiger partial charge < -0.3 is 16.0 Å². The maximum Gasteiger partial charge on any atom is 0.257 e. The molecule has 0 aliphatic carbocycles. The minimum absolute atomic E-state index is 0.0123. The number of piperidine rings is 1. The predicted octanol–water partition coefficient (Wildman–Crippen LogP) is 2.54. The van der Waals surface area contributed by atoms with Crippen LogP contribution in [0.25, 0.3) is 0 Å². The largest absolute Gasteiger partial charge is 0.371 e. The van der Waals surface area contributed by atoms with Gasteiger partial charge in [-0.3, -0.25) is 9.59 Å². The fourth-order valence-corrected chi connectivity index (χ4v) is 4.56. The minimum Gasteiger partial charge on any atom is -0.371 e. The average Bonchev–Trinajstić information content (AvgIpc) is 2.74. The van der Waals surface area contributed by atoms with Crippen molar-refractivity contribution in [1.82, 2.24) is 4.31 Å². The molecule has 10 heteroatoms. The second-order valence-electron chi connectivity index (χ2n) is 7.59. The van der Waals surface area contributed by atoms with Gasteiger partial charge in [0, 0.05) is 44.5 Å². The zero-order valence-corrected chi connectivity index (χ0v) is 18.9. The molecule has 3 rings (SSSR count). The summed E-state index contributed by atoms with van der Waals surface area (Å²) >= 11 is 6.14. The fraction of sp³-hybridized carbons (Fsp3) is 0.333. The van der Waals surface area contributed by atoms with Gasteiger partial charge in [0.15, 0.2) is 0 Å². The third kappa shape index (κ3) is 5.17. The number of anilines is 2. The van der Waals surface area contributed by atoms with Crippen LogP contribution in [-0.4, -0.2) is 51.7 Å². The Kier molecular flexibility index (Phi) is 6.88. The van der Waals surface area contributed by atoms with Crippen molar-refractivity contribution in [2.24, 2.45) is 11.7 Å². The van der Waals surface area contributed by atoms with Crippen molar-refractivity contribution in [2.75, 3.05) is 37.4 Å². The number of primary amides is 1. The first-order valence-corrected chi connectivity index (χ1v) is 11.6. The summed E-state index contributed by atoms with van der Waals surface area (Å²) in [5, 5.41) is 2.90. The monoisotopic (exact) mass is 464 g/mol. The van der Waals surface area contributed by atoms with E-state index in [-0.39, 0.29) is 27.3 Å². The van der Waals surface area contributed by atoms with Crippen LogP contribution in [0, 0.1) is 5.92 Å². The van der Waals surface area contributed by atoms with E-state index in [0.29, 0.717) is 5.69 Å². The molecule has 1 aliphatic heterocycles. The van der Waals surface area contributed by atoms with Crippen molar-refractivity contribution >= 4 is 44.8 Å². The minimum atomic E-state index is -3.69. The Morgan fingerprint density at radius 1 is 1.10 bits per heavy atom. The van der Waals surface area contributed by atoms with E-state index in [0.717, 1.165) is 35.9 Å². The Bertz CT molecular complexity index is 1080. The number of benzene rings is 2. The van der Waals surface area contributed by atoms with Crippen LogP contribution in [0.2, 0.25) is 5.02 Å². The van der Waals surface area contributed by atoms with E-state index in [1.54, 1.807) is 12.1 Å². The summed E-state index contributed by atoms with van der Waals surface area (Å²) in [6.07, 6.45) is 1.44. The molecule has 1 aliphatic rings. The Labute approximate surface area is 187 Å². The average molecular weight is 465 g/mol. The molecular formula is C21H25ClN4O4S. The van der Waals surface area contributed by atoms with Gasteiger partial charge in [0.2, 0.25) is 15.9 Å². The van der Waals surface area contributed by atoms with Crippen molar-refractivity contribution < 1.29 is 18.0 Å². The summed E-state index contributed by atoms with van der Waals surface area (Å²) in [6.45, 7) is 1.48. The Morgan fingerprint density at radius 2 is 1.71 bits per heavy atom. The lowest BCUT2D eigenvalue weighted by atomic mass is 9.96. The summed E-state index contributed by atoms with van der Waals surface area (Å²) in [5.41, 5.74) is 6.99. The molecule has 0 spiro atoms. The molecule has 0 radical (unpaired) electrons. The second kappa shape index (κ2) is 9.25. The number of carbonyl (C=O) groups is 2. The summed E-state index contributed by atoms with van der Waals surface area (Å²) in [4.78, 5) is 26.2. The number of nitrogens with two attached hydrogens (primary N) is 1. The molecule has 0 atom stereocenters. The van der Waals surface area contributed by atoms with E-state index in [1.165, 1.54) is 32.3 Å². The molecule has 1 heterocycles. The molecule has 0 aromatic heterocycles. The molecule has 8 nitrogen and oxygen atoms in total. The van der Waals surface area contributed by atoms with Crippen LogP contribution in [0.5, 0.6) is 0 Å². The van der Waals surface area contributed by atoms with Crippen molar-refractivity contribution in [2.45, 2.75) is 17.7 Å². The Hall–Kier alpha value is -2.62. The highest BCUT2D eigenvalue weighted by atomic mass is 35.5. The summed E-state index contributed by atoms with van der Waals surface area (Å²) in [5.74, 6) is -0.832. The first-order valence-electron chi connectivity index (χ1n) is 9.77. The molecular weight excluding hydrogens is 440 g/mol. The maximum atomic E-state index is 12.7. The first-order chi connectivity index (χ1) is 14.6. The third-order valence-corrected chi connectivity index (χ3v) is 7.49. The summed E-state index contributed by atoms with van der Waals surface area (Å²) in [7, 11) is -0.853. The van der Waals surface area contributed by atoms with Crippen LogP contribution in [0.1, 0.15) is 23.2 Å². The standard InChI is InChI=1S/C21H25ClN4O4S/c1-25(2)31(29,30)17-7-8-19(22)18(13-17)21(28)24-15-3-5-16(6-4-15)26-11-9-14(10-12-26)20(23)27/h3-8,13-14H,9-12H2,1-2H3,(H2,23,27)(H,24,28). The number of nitrogens with one attached hydrogen (secondary N) is 1. The number of rotatable bonds is 6. The smallest absolute Gasteiger partial charge is 0.257 e. The fourth-order valence-electron chi connectivity index (χ4n) is 3.43. The predicted molar refractivity (Wildman–Crippen MR) is 121 cm³/mol. The van der Waals surface area contributed by atoms with Gasteiger partial charge in [0.05, 0.1) is 15.5 Å². The number of sulfonamides is 1. The van der Waals surface area contributed by atoms with Crippen LogP contribution >= 0.6 is 11.6 Å². The molecule has 31 heavy (non-hydrogen) atoms. The first kappa shape index (κ1) is 23.1. The van der Waals surface area contributed by atoms with Crippen LogP contribution in [-0.2, 0) is 14.8 Å². The van der Waals surface area contributed by atoms with Crippen molar-refractivity contribution in [3.05, 3.63) is 53.1 Å². The van der Waals surface area contributed by atoms with Crippen LogP contribution < -0.4 is 16.0 Å². The summed E-state index contributed by atoms with van der Waals surface area (Å²) < 4.78 is 25.8. The highest BCUT2D eigenvalue weighted by molar-refractivity contribution is 7.89. The zero-order valence-electron chi connectivity index (χ0n) is 17.3. The van der Waals surface area contributed by atoms with Crippen LogP contribution in [0.3, 0.4) is 0 Å². The molecule has 3 N–H and O–H groups in total. The number of nitrogens with zero attached hydrogens (tertiary/aromatic N) is 2. The summed E-state index contributed by atoms with van der Waals surface area (Å²) in [6, 6.07) is 11.3. The van der Waals surface area contributed by atoms with Crippen molar-refractivity contribution in [1.29, 1.82) is 0 Å². The number of hydrogen-bond donors (Lipinski definition) is 2. The highest BCUT2D eigenvalue weighted by Gasteiger charge is 2.23. The van der Waals surface area contributed by atoms with Gasteiger partial charge in [0.25, 0.3) is 5.91 Å². The van der Waals surface area contributed by atoms with E-state index in [9.17, 15) is 18.0 Å². The van der Waals surface area contributed by atoms with Gasteiger partial charge in [-0.15, -0.1) is 0 Å². The second-order valence-corrected chi connectivity index (χ2v) is 10.2. The molecule has 2 aromatic carbocycles. The zero-order chi connectivity index (χ0) is 22.8. The lowest BCUT2D eigenvalue weighted by molar-refractivity contribution is -0.122. The molecule has 1 saturated heterocycles. The SMILES string of the molecule is CN(C)S(=O)(=O)c1ccc(Cl)c(C(=O)Nc2ccc(N3CCC(C(N)=O)CC3)cc2)c1. The lowest BCUT2D eigenvalue weighted by Gasteiger charge is -2.32. The van der Waals surface area contributed by atoms with Crippen LogP contribution in [0.4, 0.5) is 11.4 Å². The number of halogens is 1. The molecule has 0 saturated carbocycles. The van der Waals surface area contributed by atoms with Crippen LogP contribution in [0.15, 0.2) is 47.4 Å². The topological polar surface area (TPSA) is 113 Å². The highest BCUT2D eigenvalue weighted by Crippen LogP contribution is 2.26. The van der Waals surface area contributed by atoms with E-state index in [1.807, 2.05) is 12.1 Å². The number of hydrogen-bond acceptors (Lipinski definition) is 5. The normalized spacial score (nSPS) is 15.2. The van der Waals surface area contributed by atoms with Gasteiger partial charge in [-0.05, 0) is 55.3 Å². The lowest BCUT2D eigenvalue weighted by Crippen LogP contribution is -2.38. The Morgan fingerprint density at radius 3 is 2.26 bits per heavy atom. The van der Waals surface area contributed by atoms with Gasteiger partial charge >= 0.3 is 0 Å². The van der Waals surface area contributed by atoms with Crippen molar-refractivity contribution in [3.63, 3.8) is 0 Å². The van der Waals surface area contributed by atoms with Gasteiger partial charge in [-0.25, -0.2) is 12.7 Å². The molecule has 0 unspecified atom stereocenters. The molecule has 2 amide bonds. The van der Waals surface area contributed by atoms with E-state index in [2.05, 4.69) is 10.2 Å². The van der Waals surface area contributed by atoms with Crippen molar-refractivity contribution in [3.8, 4) is 0 Å². The molecule has 1 fully saturated rings.